The number of carbonyl (C=O) groups excluding carboxylic acids is 1. The van der Waals surface area contributed by atoms with Gasteiger partial charge in [0.25, 0.3) is 0 Å². The Hall–Kier alpha value is -0.770. The molecule has 0 aromatic rings. The van der Waals surface area contributed by atoms with Gasteiger partial charge in [-0.05, 0) is 13.8 Å². The molecular weight excluding hydrogens is 282 g/mol. The van der Waals surface area contributed by atoms with Crippen LogP contribution in [0, 0.1) is 0 Å². The number of ether oxygens (including phenoxy) is 4. The fourth-order valence-electron chi connectivity index (χ4n) is 3.03. The first-order valence-electron chi connectivity index (χ1n) is 7.08. The maximum atomic E-state index is 11.5. The summed E-state index contributed by atoms with van der Waals surface area (Å²) >= 11 is 0. The molecule has 0 unspecified atom stereocenters. The summed E-state index contributed by atoms with van der Waals surface area (Å²) in [6.07, 6.45) is -1.80. The van der Waals surface area contributed by atoms with E-state index in [0.717, 1.165) is 0 Å². The van der Waals surface area contributed by atoms with Crippen molar-refractivity contribution in [1.29, 1.82) is 0 Å². The fourth-order valence-corrected chi connectivity index (χ4v) is 3.03. The average Bonchev–Trinajstić information content (AvgIpc) is 3.10. The van der Waals surface area contributed by atoms with Crippen LogP contribution in [0.25, 0.3) is 0 Å². The number of aliphatic hydroxyl groups is 1. The van der Waals surface area contributed by atoms with Crippen molar-refractivity contribution >= 4 is 5.97 Å². The summed E-state index contributed by atoms with van der Waals surface area (Å²) in [6.45, 7) is 4.00. The highest BCUT2D eigenvalue weighted by Crippen LogP contribution is 2.40. The summed E-state index contributed by atoms with van der Waals surface area (Å²) in [6, 6.07) is 0. The Morgan fingerprint density at radius 3 is 2.76 bits per heavy atom. The van der Waals surface area contributed by atoms with Gasteiger partial charge in [-0.15, -0.1) is 0 Å². The number of fused-ring (bicyclic) bond motifs is 1. The molecule has 3 fully saturated rings. The van der Waals surface area contributed by atoms with Crippen LogP contribution >= 0.6 is 0 Å². The van der Waals surface area contributed by atoms with Crippen molar-refractivity contribution in [2.24, 2.45) is 0 Å². The summed E-state index contributed by atoms with van der Waals surface area (Å²) in [4.78, 5) is 17.1. The maximum absolute atomic E-state index is 11.5. The summed E-state index contributed by atoms with van der Waals surface area (Å²) in [5, 5.41) is 11.0. The minimum Gasteiger partial charge on any atom is -0.467 e. The van der Waals surface area contributed by atoms with Gasteiger partial charge in [-0.1, -0.05) is 0 Å². The van der Waals surface area contributed by atoms with Gasteiger partial charge in [0.2, 0.25) is 0 Å². The van der Waals surface area contributed by atoms with E-state index in [4.69, 9.17) is 19.0 Å². The van der Waals surface area contributed by atoms with Crippen molar-refractivity contribution in [3.63, 3.8) is 0 Å². The van der Waals surface area contributed by atoms with E-state index in [9.17, 15) is 9.90 Å². The molecule has 1 N–H and O–H groups in total. The Labute approximate surface area is 122 Å². The lowest BCUT2D eigenvalue weighted by atomic mass is 10.1. The topological polar surface area (TPSA) is 86.7 Å². The van der Waals surface area contributed by atoms with Crippen molar-refractivity contribution in [3.05, 3.63) is 0 Å². The molecule has 8 heteroatoms. The van der Waals surface area contributed by atoms with Crippen LogP contribution < -0.4 is 0 Å². The second-order valence-electron chi connectivity index (χ2n) is 5.86. The van der Waals surface area contributed by atoms with Gasteiger partial charge in [-0.25, -0.2) is 4.79 Å². The van der Waals surface area contributed by atoms with Gasteiger partial charge in [0.1, 0.15) is 18.3 Å². The van der Waals surface area contributed by atoms with Crippen LogP contribution in [-0.2, 0) is 28.6 Å². The molecule has 3 aliphatic rings. The average molecular weight is 303 g/mol. The van der Waals surface area contributed by atoms with E-state index < -0.39 is 30.2 Å². The quantitative estimate of drug-likeness (QED) is 0.692. The van der Waals surface area contributed by atoms with E-state index in [2.05, 4.69) is 4.74 Å². The Bertz CT molecular complexity index is 415. The number of methoxy groups -OCH3 is 1. The minimum atomic E-state index is -0.730. The maximum Gasteiger partial charge on any atom is 0.337 e. The Morgan fingerprint density at radius 2 is 2.10 bits per heavy atom. The molecule has 0 aromatic carbocycles. The third-order valence-corrected chi connectivity index (χ3v) is 3.93. The smallest absolute Gasteiger partial charge is 0.337 e. The molecule has 21 heavy (non-hydrogen) atoms. The van der Waals surface area contributed by atoms with Crippen molar-refractivity contribution in [3.8, 4) is 0 Å². The summed E-state index contributed by atoms with van der Waals surface area (Å²) in [5.41, 5.74) is 0. The molecule has 8 nitrogen and oxygen atoms in total. The normalized spacial score (nSPS) is 42.2. The lowest BCUT2D eigenvalue weighted by Crippen LogP contribution is -2.42. The molecule has 3 aliphatic heterocycles. The zero-order valence-electron chi connectivity index (χ0n) is 12.4. The summed E-state index contributed by atoms with van der Waals surface area (Å²) in [5.74, 6) is -1.14. The van der Waals surface area contributed by atoms with Crippen LogP contribution in [0.15, 0.2) is 0 Å². The zero-order valence-corrected chi connectivity index (χ0v) is 12.4. The molecule has 5 atom stereocenters. The van der Waals surface area contributed by atoms with Crippen LogP contribution in [0.1, 0.15) is 20.3 Å². The van der Waals surface area contributed by atoms with Gasteiger partial charge in [-0.3, -0.25) is 4.84 Å². The molecular formula is C13H21NO7. The Morgan fingerprint density at radius 1 is 1.38 bits per heavy atom. The van der Waals surface area contributed by atoms with Gasteiger partial charge >= 0.3 is 5.97 Å². The van der Waals surface area contributed by atoms with E-state index >= 15 is 0 Å². The zero-order chi connectivity index (χ0) is 15.2. The van der Waals surface area contributed by atoms with Gasteiger partial charge in [-0.2, -0.15) is 5.06 Å². The van der Waals surface area contributed by atoms with E-state index in [-0.39, 0.29) is 18.8 Å². The SMILES string of the molecule is COC(=O)[C@H]1CCN([C@@H]2O[C@H](CO)[C@H]3OC(C)(C)O[C@H]32)O1. The Balaban J connectivity index is 1.70. The molecule has 0 amide bonds. The molecule has 3 saturated heterocycles. The van der Waals surface area contributed by atoms with E-state index in [1.165, 1.54) is 7.11 Å². The molecule has 0 bridgehead atoms. The van der Waals surface area contributed by atoms with Gasteiger partial charge < -0.3 is 24.1 Å². The predicted molar refractivity (Wildman–Crippen MR) is 67.8 cm³/mol. The number of hydroxylamine groups is 2. The van der Waals surface area contributed by atoms with E-state index in [1.54, 1.807) is 5.06 Å². The largest absolute Gasteiger partial charge is 0.467 e. The third-order valence-electron chi connectivity index (χ3n) is 3.93. The minimum absolute atomic E-state index is 0.161. The van der Waals surface area contributed by atoms with Crippen molar-refractivity contribution in [1.82, 2.24) is 5.06 Å². The monoisotopic (exact) mass is 303 g/mol. The lowest BCUT2D eigenvalue weighted by molar-refractivity contribution is -0.275. The molecule has 3 heterocycles. The molecule has 0 saturated carbocycles. The van der Waals surface area contributed by atoms with Crippen LogP contribution in [0.2, 0.25) is 0 Å². The first-order valence-corrected chi connectivity index (χ1v) is 7.08. The molecule has 120 valence electrons. The van der Waals surface area contributed by atoms with Gasteiger partial charge in [0.05, 0.1) is 13.7 Å². The number of esters is 1. The van der Waals surface area contributed by atoms with E-state index in [0.29, 0.717) is 13.0 Å². The summed E-state index contributed by atoms with van der Waals surface area (Å²) < 4.78 is 22.1. The Kier molecular flexibility index (Phi) is 3.93. The van der Waals surface area contributed by atoms with Crippen LogP contribution in [0.4, 0.5) is 0 Å². The third kappa shape index (κ3) is 2.67. The van der Waals surface area contributed by atoms with Crippen LogP contribution in [0.5, 0.6) is 0 Å². The summed E-state index contributed by atoms with van der Waals surface area (Å²) in [7, 11) is 1.33. The highest BCUT2D eigenvalue weighted by molar-refractivity contribution is 5.74. The highest BCUT2D eigenvalue weighted by atomic mass is 16.8. The number of carbonyl (C=O) groups is 1. The first-order chi connectivity index (χ1) is 9.95. The number of hydrogen-bond donors (Lipinski definition) is 1. The van der Waals surface area contributed by atoms with Crippen molar-refractivity contribution in [2.45, 2.75) is 56.7 Å². The molecule has 0 spiro atoms. The predicted octanol–water partition coefficient (Wildman–Crippen LogP) is -0.597. The molecule has 0 aromatic heterocycles. The lowest BCUT2D eigenvalue weighted by Gasteiger charge is -2.28. The van der Waals surface area contributed by atoms with Crippen molar-refractivity contribution < 1.29 is 33.7 Å². The van der Waals surface area contributed by atoms with Crippen LogP contribution in [-0.4, -0.2) is 72.8 Å². The number of hydrogen-bond acceptors (Lipinski definition) is 8. The number of aliphatic hydroxyl groups excluding tert-OH is 1. The van der Waals surface area contributed by atoms with Gasteiger partial charge in [0, 0.05) is 13.0 Å². The van der Waals surface area contributed by atoms with Crippen molar-refractivity contribution in [2.75, 3.05) is 20.3 Å². The molecule has 0 radical (unpaired) electrons. The standard InChI is InChI=1S/C13H21NO7/c1-13(2)19-9-8(6-15)18-11(10(9)20-13)14-5-4-7(21-14)12(16)17-3/h7-11,15H,4-6H2,1-3H3/t7-,8-,9-,10-,11-/m1/s1. The second-order valence-corrected chi connectivity index (χ2v) is 5.86. The molecule has 0 aliphatic carbocycles. The highest BCUT2D eigenvalue weighted by Gasteiger charge is 2.57. The number of rotatable bonds is 3. The number of nitrogens with zero attached hydrogens (tertiary/aromatic N) is 1. The fraction of sp³-hybridized carbons (Fsp3) is 0.923. The van der Waals surface area contributed by atoms with E-state index in [1.807, 2.05) is 13.8 Å². The van der Waals surface area contributed by atoms with Crippen LogP contribution in [0.3, 0.4) is 0 Å². The van der Waals surface area contributed by atoms with Gasteiger partial charge in [0.15, 0.2) is 18.1 Å². The molecule has 3 rings (SSSR count). The second kappa shape index (κ2) is 5.45. The first kappa shape index (κ1) is 15.1.